The van der Waals surface area contributed by atoms with Crippen molar-refractivity contribution in [3.05, 3.63) is 52.8 Å². The van der Waals surface area contributed by atoms with E-state index in [0.717, 1.165) is 0 Å². The highest BCUT2D eigenvalue weighted by Crippen LogP contribution is 2.26. The molecule has 0 aliphatic heterocycles. The third kappa shape index (κ3) is 4.42. The van der Waals surface area contributed by atoms with Crippen molar-refractivity contribution in [2.75, 3.05) is 0 Å². The molecule has 2 rings (SSSR count). The summed E-state index contributed by atoms with van der Waals surface area (Å²) >= 11 is 5.66. The zero-order valence-corrected chi connectivity index (χ0v) is 11.3. The molecular weight excluding hydrogens is 309 g/mol. The van der Waals surface area contributed by atoms with Crippen molar-refractivity contribution in [1.82, 2.24) is 10.3 Å². The number of amides is 1. The summed E-state index contributed by atoms with van der Waals surface area (Å²) in [5, 5.41) is 2.84. The van der Waals surface area contributed by atoms with Crippen LogP contribution in [0.2, 0.25) is 5.02 Å². The van der Waals surface area contributed by atoms with E-state index in [1.807, 2.05) is 0 Å². The predicted octanol–water partition coefficient (Wildman–Crippen LogP) is 3.50. The van der Waals surface area contributed by atoms with E-state index in [4.69, 9.17) is 11.6 Å². The molecule has 0 saturated carbocycles. The molecular formula is C13H10ClF3N2O2. The van der Waals surface area contributed by atoms with Gasteiger partial charge in [0.15, 0.2) is 0 Å². The number of nitrogens with one attached hydrogen (secondary N) is 2. The normalized spacial score (nSPS) is 11.2. The first kappa shape index (κ1) is 15.2. The maximum atomic E-state index is 12.3. The fraction of sp³-hybridized carbons (Fsp3) is 0.154. The average Bonchev–Trinajstić information content (AvgIpc) is 2.82. The van der Waals surface area contributed by atoms with Gasteiger partial charge in [0.25, 0.3) is 5.91 Å². The summed E-state index contributed by atoms with van der Waals surface area (Å²) in [4.78, 5) is 14.4. The first-order valence-electron chi connectivity index (χ1n) is 5.81. The van der Waals surface area contributed by atoms with E-state index < -0.39 is 12.3 Å². The molecule has 0 saturated heterocycles. The minimum Gasteiger partial charge on any atom is -0.405 e. The predicted molar refractivity (Wildman–Crippen MR) is 70.1 cm³/mol. The maximum Gasteiger partial charge on any atom is 0.573 e. The quantitative estimate of drug-likeness (QED) is 0.906. The van der Waals surface area contributed by atoms with Crippen molar-refractivity contribution in [2.24, 2.45) is 0 Å². The number of rotatable bonds is 4. The number of aromatic amines is 1. The zero-order chi connectivity index (χ0) is 15.5. The number of alkyl halides is 3. The molecule has 0 aliphatic rings. The monoisotopic (exact) mass is 318 g/mol. The van der Waals surface area contributed by atoms with Gasteiger partial charge in [-0.05, 0) is 12.1 Å². The Balaban J connectivity index is 2.05. The summed E-state index contributed by atoms with van der Waals surface area (Å²) in [6, 6.07) is 6.99. The van der Waals surface area contributed by atoms with Crippen LogP contribution in [0.5, 0.6) is 5.75 Å². The van der Waals surface area contributed by atoms with Crippen LogP contribution in [0.3, 0.4) is 0 Å². The third-order valence-corrected chi connectivity index (χ3v) is 2.75. The Morgan fingerprint density at radius 1 is 1.33 bits per heavy atom. The number of benzene rings is 1. The third-order valence-electron chi connectivity index (χ3n) is 2.53. The van der Waals surface area contributed by atoms with Gasteiger partial charge < -0.3 is 15.0 Å². The summed E-state index contributed by atoms with van der Waals surface area (Å²) in [7, 11) is 0. The Labute approximate surface area is 122 Å². The minimum atomic E-state index is -4.78. The molecule has 2 aromatic rings. The lowest BCUT2D eigenvalue weighted by Crippen LogP contribution is -2.24. The highest BCUT2D eigenvalue weighted by molar-refractivity contribution is 6.30. The van der Waals surface area contributed by atoms with E-state index in [1.165, 1.54) is 30.5 Å². The smallest absolute Gasteiger partial charge is 0.405 e. The number of hydrogen-bond acceptors (Lipinski definition) is 2. The SMILES string of the molecule is O=C(NCc1ccccc1OC(F)(F)F)c1cc(Cl)c[nH]1. The summed E-state index contributed by atoms with van der Waals surface area (Å²) < 4.78 is 40.7. The van der Waals surface area contributed by atoms with Crippen molar-refractivity contribution in [1.29, 1.82) is 0 Å². The molecule has 112 valence electrons. The van der Waals surface area contributed by atoms with Gasteiger partial charge in [-0.3, -0.25) is 4.79 Å². The number of hydrogen-bond donors (Lipinski definition) is 2. The molecule has 2 N–H and O–H groups in total. The van der Waals surface area contributed by atoms with Crippen LogP contribution in [0.15, 0.2) is 36.5 Å². The highest BCUT2D eigenvalue weighted by Gasteiger charge is 2.31. The molecule has 1 aromatic heterocycles. The Hall–Kier alpha value is -2.15. The van der Waals surface area contributed by atoms with Crippen LogP contribution in [0.25, 0.3) is 0 Å². The fourth-order valence-electron chi connectivity index (χ4n) is 1.64. The number of para-hydroxylation sites is 1. The van der Waals surface area contributed by atoms with E-state index in [0.29, 0.717) is 5.02 Å². The molecule has 1 amide bonds. The van der Waals surface area contributed by atoms with E-state index in [9.17, 15) is 18.0 Å². The fourth-order valence-corrected chi connectivity index (χ4v) is 1.81. The van der Waals surface area contributed by atoms with Gasteiger partial charge >= 0.3 is 6.36 Å². The van der Waals surface area contributed by atoms with Crippen molar-refractivity contribution in [3.8, 4) is 5.75 Å². The Bertz CT molecular complexity index is 640. The Morgan fingerprint density at radius 3 is 2.67 bits per heavy atom. The number of H-pyrrole nitrogens is 1. The molecule has 0 bridgehead atoms. The summed E-state index contributed by atoms with van der Waals surface area (Å²) in [5.41, 5.74) is 0.426. The molecule has 21 heavy (non-hydrogen) atoms. The van der Waals surface area contributed by atoms with Gasteiger partial charge in [-0.25, -0.2) is 0 Å². The van der Waals surface area contributed by atoms with Crippen LogP contribution in [0.1, 0.15) is 16.1 Å². The Kier molecular flexibility index (Phi) is 4.42. The second kappa shape index (κ2) is 6.09. The number of ether oxygens (including phenoxy) is 1. The van der Waals surface area contributed by atoms with Crippen LogP contribution in [-0.4, -0.2) is 17.3 Å². The van der Waals surface area contributed by atoms with Crippen LogP contribution in [-0.2, 0) is 6.54 Å². The first-order chi connectivity index (χ1) is 9.85. The van der Waals surface area contributed by atoms with Crippen LogP contribution in [0.4, 0.5) is 13.2 Å². The van der Waals surface area contributed by atoms with Crippen molar-refractivity contribution in [2.45, 2.75) is 12.9 Å². The molecule has 0 fully saturated rings. The molecule has 0 radical (unpaired) electrons. The van der Waals surface area contributed by atoms with E-state index >= 15 is 0 Å². The lowest BCUT2D eigenvalue weighted by Gasteiger charge is -2.13. The first-order valence-corrected chi connectivity index (χ1v) is 6.19. The van der Waals surface area contributed by atoms with Crippen molar-refractivity contribution < 1.29 is 22.7 Å². The molecule has 0 aliphatic carbocycles. The molecule has 1 heterocycles. The highest BCUT2D eigenvalue weighted by atomic mass is 35.5. The average molecular weight is 319 g/mol. The largest absolute Gasteiger partial charge is 0.573 e. The number of aromatic nitrogens is 1. The lowest BCUT2D eigenvalue weighted by atomic mass is 10.2. The van der Waals surface area contributed by atoms with Crippen molar-refractivity contribution >= 4 is 17.5 Å². The van der Waals surface area contributed by atoms with Crippen LogP contribution < -0.4 is 10.1 Å². The standard InChI is InChI=1S/C13H10ClF3N2O2/c14-9-5-10(18-7-9)12(20)19-6-8-3-1-2-4-11(8)21-13(15,16)17/h1-5,7,18H,6H2,(H,19,20). The van der Waals surface area contributed by atoms with Gasteiger partial charge in [0.05, 0.1) is 5.02 Å². The van der Waals surface area contributed by atoms with Crippen LogP contribution in [0, 0.1) is 0 Å². The van der Waals surface area contributed by atoms with Gasteiger partial charge in [0.2, 0.25) is 0 Å². The van der Waals surface area contributed by atoms with Crippen molar-refractivity contribution in [3.63, 3.8) is 0 Å². The minimum absolute atomic E-state index is 0.109. The summed E-state index contributed by atoms with van der Waals surface area (Å²) in [5.74, 6) is -0.835. The van der Waals surface area contributed by atoms with Gasteiger partial charge in [0.1, 0.15) is 11.4 Å². The molecule has 0 atom stereocenters. The van der Waals surface area contributed by atoms with Gasteiger partial charge in [-0.15, -0.1) is 13.2 Å². The zero-order valence-electron chi connectivity index (χ0n) is 10.5. The van der Waals surface area contributed by atoms with E-state index in [1.54, 1.807) is 6.07 Å². The van der Waals surface area contributed by atoms with E-state index in [-0.39, 0.29) is 23.6 Å². The number of carbonyl (C=O) groups is 1. The molecule has 0 unspecified atom stereocenters. The molecule has 4 nitrogen and oxygen atoms in total. The van der Waals surface area contributed by atoms with Crippen LogP contribution >= 0.6 is 11.6 Å². The van der Waals surface area contributed by atoms with E-state index in [2.05, 4.69) is 15.0 Å². The van der Waals surface area contributed by atoms with Gasteiger partial charge in [0, 0.05) is 18.3 Å². The van der Waals surface area contributed by atoms with Gasteiger partial charge in [-0.2, -0.15) is 0 Å². The summed E-state index contributed by atoms with van der Waals surface area (Å²) in [6.07, 6.45) is -3.36. The maximum absolute atomic E-state index is 12.3. The second-order valence-electron chi connectivity index (χ2n) is 4.07. The number of halogens is 4. The topological polar surface area (TPSA) is 54.1 Å². The van der Waals surface area contributed by atoms with Gasteiger partial charge in [-0.1, -0.05) is 29.8 Å². The summed E-state index contributed by atoms with van der Waals surface area (Å²) in [6.45, 7) is -0.109. The molecule has 8 heteroatoms. The Morgan fingerprint density at radius 2 is 2.05 bits per heavy atom. The molecule has 0 spiro atoms. The second-order valence-corrected chi connectivity index (χ2v) is 4.51. The lowest BCUT2D eigenvalue weighted by molar-refractivity contribution is -0.274. The molecule has 1 aromatic carbocycles. The number of carbonyl (C=O) groups excluding carboxylic acids is 1.